The Hall–Kier alpha value is -0.870. The average Bonchev–Trinajstić information content (AvgIpc) is 2.78. The topological polar surface area (TPSA) is 53.1 Å². The first kappa shape index (κ1) is 13.6. The molecule has 18 heavy (non-hydrogen) atoms. The Morgan fingerprint density at radius 3 is 2.50 bits per heavy atom. The molecule has 2 N–H and O–H groups in total. The molecule has 1 atom stereocenters. The summed E-state index contributed by atoms with van der Waals surface area (Å²) >= 11 is 0. The van der Waals surface area contributed by atoms with Crippen LogP contribution in [0.5, 0.6) is 0 Å². The quantitative estimate of drug-likeness (QED) is 0.894. The maximum absolute atomic E-state index is 6.13. The van der Waals surface area contributed by atoms with Gasteiger partial charge in [0.05, 0.1) is 11.7 Å². The van der Waals surface area contributed by atoms with E-state index in [1.807, 2.05) is 0 Å². The molecular weight excluding hydrogens is 226 g/mol. The molecule has 102 valence electrons. The molecule has 1 unspecified atom stereocenters. The van der Waals surface area contributed by atoms with E-state index in [-0.39, 0.29) is 6.04 Å². The second kappa shape index (κ2) is 5.85. The molecule has 0 saturated carbocycles. The lowest BCUT2D eigenvalue weighted by Gasteiger charge is -2.24. The molecule has 0 amide bonds. The van der Waals surface area contributed by atoms with E-state index in [1.165, 1.54) is 17.0 Å². The molecule has 1 saturated heterocycles. The van der Waals surface area contributed by atoms with Crippen molar-refractivity contribution < 1.29 is 4.74 Å². The van der Waals surface area contributed by atoms with Crippen LogP contribution in [-0.4, -0.2) is 23.0 Å². The fourth-order valence-electron chi connectivity index (χ4n) is 2.91. The molecule has 4 nitrogen and oxygen atoms in total. The molecule has 1 aromatic rings. The first-order chi connectivity index (χ1) is 8.69. The Morgan fingerprint density at radius 2 is 2.00 bits per heavy atom. The van der Waals surface area contributed by atoms with E-state index < -0.39 is 0 Å². The number of ether oxygens (including phenoxy) is 1. The summed E-state index contributed by atoms with van der Waals surface area (Å²) in [6, 6.07) is 0.565. The van der Waals surface area contributed by atoms with Crippen LogP contribution in [0.3, 0.4) is 0 Å². The van der Waals surface area contributed by atoms with Crippen LogP contribution in [0.2, 0.25) is 0 Å². The maximum atomic E-state index is 6.13. The molecule has 1 aromatic heterocycles. The zero-order valence-corrected chi connectivity index (χ0v) is 11.8. The van der Waals surface area contributed by atoms with Crippen molar-refractivity contribution in [2.45, 2.75) is 58.5 Å². The molecule has 0 radical (unpaired) electrons. The van der Waals surface area contributed by atoms with Gasteiger partial charge in [-0.3, -0.25) is 4.68 Å². The van der Waals surface area contributed by atoms with Crippen LogP contribution >= 0.6 is 0 Å². The lowest BCUT2D eigenvalue weighted by molar-refractivity contribution is 0.0653. The van der Waals surface area contributed by atoms with Crippen LogP contribution in [0, 0.1) is 0 Å². The van der Waals surface area contributed by atoms with Gasteiger partial charge in [0.1, 0.15) is 0 Å². The van der Waals surface area contributed by atoms with E-state index >= 15 is 0 Å². The predicted molar refractivity (Wildman–Crippen MR) is 72.7 cm³/mol. The molecule has 1 fully saturated rings. The first-order valence-corrected chi connectivity index (χ1v) is 7.12. The summed E-state index contributed by atoms with van der Waals surface area (Å²) < 4.78 is 7.68. The minimum Gasteiger partial charge on any atom is -0.381 e. The molecule has 0 spiro atoms. The Morgan fingerprint density at radius 1 is 1.33 bits per heavy atom. The van der Waals surface area contributed by atoms with Crippen molar-refractivity contribution in [3.63, 3.8) is 0 Å². The highest BCUT2D eigenvalue weighted by Gasteiger charge is 2.24. The maximum Gasteiger partial charge on any atom is 0.0672 e. The van der Waals surface area contributed by atoms with Crippen molar-refractivity contribution in [2.75, 3.05) is 13.2 Å². The van der Waals surface area contributed by atoms with Gasteiger partial charge in [-0.05, 0) is 32.6 Å². The van der Waals surface area contributed by atoms with Crippen molar-refractivity contribution in [3.05, 3.63) is 17.0 Å². The zero-order chi connectivity index (χ0) is 13.1. The molecular formula is C14H25N3O. The van der Waals surface area contributed by atoms with E-state index in [4.69, 9.17) is 15.6 Å². The predicted octanol–water partition coefficient (Wildman–Crippen LogP) is 2.38. The third kappa shape index (κ3) is 2.45. The number of nitrogens with two attached hydrogens (primary N) is 1. The first-order valence-electron chi connectivity index (χ1n) is 7.12. The number of rotatable bonds is 4. The number of hydrogen-bond acceptors (Lipinski definition) is 3. The molecule has 0 bridgehead atoms. The van der Waals surface area contributed by atoms with Gasteiger partial charge in [0, 0.05) is 30.5 Å². The number of aromatic nitrogens is 2. The van der Waals surface area contributed by atoms with Gasteiger partial charge < -0.3 is 10.5 Å². The Bertz CT molecular complexity index is 392. The van der Waals surface area contributed by atoms with Crippen molar-refractivity contribution in [2.24, 2.45) is 5.73 Å². The average molecular weight is 251 g/mol. The van der Waals surface area contributed by atoms with Crippen LogP contribution in [0.1, 0.15) is 62.6 Å². The van der Waals surface area contributed by atoms with E-state index in [0.29, 0.717) is 6.04 Å². The minimum absolute atomic E-state index is 0.0727. The summed E-state index contributed by atoms with van der Waals surface area (Å²) in [6.07, 6.45) is 4.09. The van der Waals surface area contributed by atoms with Gasteiger partial charge in [-0.15, -0.1) is 0 Å². The highest BCUT2D eigenvalue weighted by Crippen LogP contribution is 2.28. The highest BCUT2D eigenvalue weighted by atomic mass is 16.5. The molecule has 2 rings (SSSR count). The lowest BCUT2D eigenvalue weighted by atomic mass is 10.0. The van der Waals surface area contributed by atoms with Gasteiger partial charge >= 0.3 is 0 Å². The summed E-state index contributed by atoms with van der Waals surface area (Å²) in [4.78, 5) is 0. The van der Waals surface area contributed by atoms with E-state index in [9.17, 15) is 0 Å². The van der Waals surface area contributed by atoms with Crippen molar-refractivity contribution in [3.8, 4) is 0 Å². The molecule has 4 heteroatoms. The van der Waals surface area contributed by atoms with Gasteiger partial charge in [0.2, 0.25) is 0 Å². The summed E-state index contributed by atoms with van der Waals surface area (Å²) in [5.41, 5.74) is 9.90. The smallest absolute Gasteiger partial charge is 0.0672 e. The van der Waals surface area contributed by atoms with Crippen LogP contribution in [0.25, 0.3) is 0 Å². The largest absolute Gasteiger partial charge is 0.381 e. The Labute approximate surface area is 110 Å². The monoisotopic (exact) mass is 251 g/mol. The van der Waals surface area contributed by atoms with Crippen molar-refractivity contribution in [1.82, 2.24) is 9.78 Å². The highest BCUT2D eigenvalue weighted by molar-refractivity contribution is 5.30. The van der Waals surface area contributed by atoms with Gasteiger partial charge in [-0.25, -0.2) is 0 Å². The molecule has 1 aliphatic rings. The van der Waals surface area contributed by atoms with Crippen LogP contribution in [-0.2, 0) is 17.6 Å². The second-order valence-electron chi connectivity index (χ2n) is 5.09. The van der Waals surface area contributed by atoms with Gasteiger partial charge in [0.25, 0.3) is 0 Å². The number of nitrogens with zero attached hydrogens (tertiary/aromatic N) is 2. The Kier molecular flexibility index (Phi) is 4.40. The van der Waals surface area contributed by atoms with E-state index in [1.54, 1.807) is 0 Å². The van der Waals surface area contributed by atoms with E-state index in [2.05, 4.69) is 25.5 Å². The zero-order valence-electron chi connectivity index (χ0n) is 11.8. The lowest BCUT2D eigenvalue weighted by Crippen LogP contribution is -2.22. The molecule has 0 aromatic carbocycles. The molecule has 1 aliphatic heterocycles. The van der Waals surface area contributed by atoms with Crippen LogP contribution in [0.4, 0.5) is 0 Å². The number of hydrogen-bond donors (Lipinski definition) is 1. The normalized spacial score (nSPS) is 19.1. The summed E-state index contributed by atoms with van der Waals surface area (Å²) in [5.74, 6) is 0. The summed E-state index contributed by atoms with van der Waals surface area (Å²) in [6.45, 7) is 8.11. The summed E-state index contributed by atoms with van der Waals surface area (Å²) in [5, 5.41) is 4.83. The van der Waals surface area contributed by atoms with Gasteiger partial charge in [0.15, 0.2) is 0 Å². The van der Waals surface area contributed by atoms with E-state index in [0.717, 1.165) is 38.9 Å². The van der Waals surface area contributed by atoms with Crippen molar-refractivity contribution in [1.29, 1.82) is 0 Å². The fourth-order valence-corrected chi connectivity index (χ4v) is 2.91. The number of aryl methyl sites for hydroxylation is 1. The second-order valence-corrected chi connectivity index (χ2v) is 5.09. The molecule has 2 heterocycles. The third-order valence-electron chi connectivity index (χ3n) is 3.79. The van der Waals surface area contributed by atoms with Gasteiger partial charge in [-0.2, -0.15) is 5.10 Å². The SMILES string of the molecule is CCc1nn(C2CCOCC2)c(CC)c1C(C)N. The minimum atomic E-state index is 0.0727. The van der Waals surface area contributed by atoms with Crippen LogP contribution < -0.4 is 5.73 Å². The van der Waals surface area contributed by atoms with Crippen molar-refractivity contribution >= 4 is 0 Å². The fraction of sp³-hybridized carbons (Fsp3) is 0.786. The third-order valence-corrected chi connectivity index (χ3v) is 3.79. The Balaban J connectivity index is 2.39. The summed E-state index contributed by atoms with van der Waals surface area (Å²) in [7, 11) is 0. The molecule has 0 aliphatic carbocycles. The van der Waals surface area contributed by atoms with Gasteiger partial charge in [-0.1, -0.05) is 13.8 Å². The standard InChI is InChI=1S/C14H25N3O/c1-4-12-14(10(3)15)13(5-2)17(16-12)11-6-8-18-9-7-11/h10-11H,4-9,15H2,1-3H3. The van der Waals surface area contributed by atoms with Crippen LogP contribution in [0.15, 0.2) is 0 Å².